The van der Waals surface area contributed by atoms with Crippen LogP contribution < -0.4 is 0 Å². The van der Waals surface area contributed by atoms with Crippen molar-refractivity contribution in [1.29, 1.82) is 0 Å². The minimum absolute atomic E-state index is 0.0650. The molecule has 2 heterocycles. The number of aryl methyl sites for hydroxylation is 1. The molecule has 1 aliphatic heterocycles. The highest BCUT2D eigenvalue weighted by molar-refractivity contribution is 5.89. The van der Waals surface area contributed by atoms with Crippen molar-refractivity contribution < 1.29 is 9.53 Å². The van der Waals surface area contributed by atoms with E-state index in [9.17, 15) is 4.79 Å². The van der Waals surface area contributed by atoms with E-state index in [4.69, 9.17) is 4.74 Å². The molecule has 22 heavy (non-hydrogen) atoms. The zero-order chi connectivity index (χ0) is 15.9. The molecule has 1 aromatic carbocycles. The van der Waals surface area contributed by atoms with E-state index < -0.39 is 0 Å². The van der Waals surface area contributed by atoms with Gasteiger partial charge in [0.15, 0.2) is 0 Å². The lowest BCUT2D eigenvalue weighted by atomic mass is 10.0. The van der Waals surface area contributed by atoms with Gasteiger partial charge in [0.1, 0.15) is 0 Å². The number of hydrogen-bond acceptors (Lipinski definition) is 3. The first-order valence-corrected chi connectivity index (χ1v) is 7.99. The van der Waals surface area contributed by atoms with Crippen LogP contribution in [0.1, 0.15) is 37.5 Å². The minimum Gasteiger partial charge on any atom is -0.463 e. The van der Waals surface area contributed by atoms with Gasteiger partial charge in [-0.05, 0) is 49.2 Å². The van der Waals surface area contributed by atoms with Gasteiger partial charge in [0.25, 0.3) is 0 Å². The molecule has 0 unspecified atom stereocenters. The van der Waals surface area contributed by atoms with Gasteiger partial charge in [0.2, 0.25) is 0 Å². The molecule has 0 spiro atoms. The van der Waals surface area contributed by atoms with Crippen LogP contribution in [0.5, 0.6) is 0 Å². The second-order valence-electron chi connectivity index (χ2n) is 6.42. The Morgan fingerprint density at radius 3 is 2.59 bits per heavy atom. The Balaban J connectivity index is 1.94. The molecule has 0 saturated heterocycles. The van der Waals surface area contributed by atoms with Crippen LogP contribution in [0, 0.1) is 0 Å². The van der Waals surface area contributed by atoms with E-state index in [-0.39, 0.29) is 12.1 Å². The number of fused-ring (bicyclic) bond motifs is 2. The number of hydrogen-bond donors (Lipinski definition) is 0. The van der Waals surface area contributed by atoms with Gasteiger partial charge in [0, 0.05) is 37.2 Å². The summed E-state index contributed by atoms with van der Waals surface area (Å²) in [7, 11) is 2.04. The monoisotopic (exact) mass is 300 g/mol. The summed E-state index contributed by atoms with van der Waals surface area (Å²) in [5.74, 6) is -0.154. The van der Waals surface area contributed by atoms with Crippen molar-refractivity contribution in [2.45, 2.75) is 46.4 Å². The van der Waals surface area contributed by atoms with Crippen LogP contribution in [0.25, 0.3) is 10.9 Å². The molecule has 0 radical (unpaired) electrons. The standard InChI is InChI=1S/C18H24N2O2/c1-5-20-10-13-6-16-15(8-18(21)22-12(2)3)9-19(4)17(16)7-14(13)11-20/h6-7,9,12H,5,8,10-11H2,1-4H3. The Labute approximate surface area is 131 Å². The van der Waals surface area contributed by atoms with Gasteiger partial charge >= 0.3 is 5.97 Å². The van der Waals surface area contributed by atoms with Crippen LogP contribution in [0.3, 0.4) is 0 Å². The summed E-state index contributed by atoms with van der Waals surface area (Å²) in [6, 6.07) is 4.54. The van der Waals surface area contributed by atoms with Crippen LogP contribution in [0.2, 0.25) is 0 Å². The highest BCUT2D eigenvalue weighted by Gasteiger charge is 2.21. The number of ether oxygens (including phenoxy) is 1. The van der Waals surface area contributed by atoms with Crippen LogP contribution in [0.4, 0.5) is 0 Å². The van der Waals surface area contributed by atoms with E-state index >= 15 is 0 Å². The third-order valence-corrected chi connectivity index (χ3v) is 4.33. The SMILES string of the molecule is CCN1Cc2cc3c(CC(=O)OC(C)C)cn(C)c3cc2C1. The Hall–Kier alpha value is -1.81. The smallest absolute Gasteiger partial charge is 0.310 e. The number of nitrogens with zero attached hydrogens (tertiary/aromatic N) is 2. The largest absolute Gasteiger partial charge is 0.463 e. The zero-order valence-electron chi connectivity index (χ0n) is 13.8. The van der Waals surface area contributed by atoms with Gasteiger partial charge in [-0.2, -0.15) is 0 Å². The number of benzene rings is 1. The average molecular weight is 300 g/mol. The third kappa shape index (κ3) is 2.75. The maximum absolute atomic E-state index is 12.0. The lowest BCUT2D eigenvalue weighted by molar-refractivity contribution is -0.146. The van der Waals surface area contributed by atoms with E-state index in [0.717, 1.165) is 25.2 Å². The predicted octanol–water partition coefficient (Wildman–Crippen LogP) is 3.01. The minimum atomic E-state index is -0.154. The molecule has 0 N–H and O–H groups in total. The van der Waals surface area contributed by atoms with Crippen molar-refractivity contribution in [3.05, 3.63) is 35.0 Å². The molecule has 0 aliphatic carbocycles. The van der Waals surface area contributed by atoms with Crippen molar-refractivity contribution in [3.8, 4) is 0 Å². The number of rotatable bonds is 4. The van der Waals surface area contributed by atoms with Gasteiger partial charge in [-0.25, -0.2) is 0 Å². The predicted molar refractivity (Wildman–Crippen MR) is 87.6 cm³/mol. The molecule has 1 aliphatic rings. The van der Waals surface area contributed by atoms with Crippen molar-refractivity contribution in [2.75, 3.05) is 6.54 Å². The Morgan fingerprint density at radius 1 is 1.27 bits per heavy atom. The third-order valence-electron chi connectivity index (χ3n) is 4.33. The average Bonchev–Trinajstić information content (AvgIpc) is 2.97. The molecule has 0 amide bonds. The van der Waals surface area contributed by atoms with Crippen molar-refractivity contribution in [3.63, 3.8) is 0 Å². The summed E-state index contributed by atoms with van der Waals surface area (Å²) < 4.78 is 7.40. The first kappa shape index (κ1) is 15.1. The van der Waals surface area contributed by atoms with Crippen molar-refractivity contribution >= 4 is 16.9 Å². The lowest BCUT2D eigenvalue weighted by Crippen LogP contribution is -2.14. The lowest BCUT2D eigenvalue weighted by Gasteiger charge is -2.09. The number of aromatic nitrogens is 1. The van der Waals surface area contributed by atoms with Crippen LogP contribution in [-0.4, -0.2) is 28.1 Å². The van der Waals surface area contributed by atoms with Gasteiger partial charge in [-0.1, -0.05) is 6.92 Å². The molecule has 4 nitrogen and oxygen atoms in total. The topological polar surface area (TPSA) is 34.5 Å². The molecule has 2 aromatic rings. The summed E-state index contributed by atoms with van der Waals surface area (Å²) >= 11 is 0. The molecule has 0 saturated carbocycles. The molecular formula is C18H24N2O2. The van der Waals surface area contributed by atoms with E-state index in [1.807, 2.05) is 20.9 Å². The fraction of sp³-hybridized carbons (Fsp3) is 0.500. The molecule has 0 fully saturated rings. The fourth-order valence-electron chi connectivity index (χ4n) is 3.25. The Morgan fingerprint density at radius 2 is 1.95 bits per heavy atom. The summed E-state index contributed by atoms with van der Waals surface area (Å²) in [6.45, 7) is 9.06. The van der Waals surface area contributed by atoms with E-state index in [1.54, 1.807) is 0 Å². The molecule has 4 heteroatoms. The first-order chi connectivity index (χ1) is 10.5. The van der Waals surface area contributed by atoms with Crippen molar-refractivity contribution in [1.82, 2.24) is 9.47 Å². The highest BCUT2D eigenvalue weighted by Crippen LogP contribution is 2.30. The van der Waals surface area contributed by atoms with Gasteiger partial charge in [0.05, 0.1) is 12.5 Å². The Kier molecular flexibility index (Phi) is 3.96. The van der Waals surface area contributed by atoms with Crippen LogP contribution >= 0.6 is 0 Å². The summed E-state index contributed by atoms with van der Waals surface area (Å²) in [4.78, 5) is 14.4. The zero-order valence-corrected chi connectivity index (χ0v) is 13.8. The van der Waals surface area contributed by atoms with E-state index in [0.29, 0.717) is 6.42 Å². The second kappa shape index (κ2) is 5.76. The van der Waals surface area contributed by atoms with Gasteiger partial charge in [-0.15, -0.1) is 0 Å². The van der Waals surface area contributed by atoms with Crippen LogP contribution in [-0.2, 0) is 36.1 Å². The first-order valence-electron chi connectivity index (χ1n) is 7.99. The maximum atomic E-state index is 12.0. The molecule has 118 valence electrons. The van der Waals surface area contributed by atoms with Gasteiger partial charge < -0.3 is 9.30 Å². The molecule has 1 aromatic heterocycles. The Bertz CT molecular complexity index is 715. The number of carbonyl (C=O) groups excluding carboxylic acids is 1. The quantitative estimate of drug-likeness (QED) is 0.814. The molecule has 3 rings (SSSR count). The number of carbonyl (C=O) groups is 1. The second-order valence-corrected chi connectivity index (χ2v) is 6.42. The summed E-state index contributed by atoms with van der Waals surface area (Å²) in [6.07, 6.45) is 2.33. The molecule has 0 atom stereocenters. The molecule has 0 bridgehead atoms. The van der Waals surface area contributed by atoms with E-state index in [1.165, 1.54) is 22.0 Å². The van der Waals surface area contributed by atoms with Crippen molar-refractivity contribution in [2.24, 2.45) is 7.05 Å². The fourth-order valence-corrected chi connectivity index (χ4v) is 3.25. The maximum Gasteiger partial charge on any atom is 0.310 e. The van der Waals surface area contributed by atoms with Crippen LogP contribution in [0.15, 0.2) is 18.3 Å². The number of esters is 1. The summed E-state index contributed by atoms with van der Waals surface area (Å²) in [5, 5.41) is 1.18. The normalized spacial score (nSPS) is 14.8. The highest BCUT2D eigenvalue weighted by atomic mass is 16.5. The van der Waals surface area contributed by atoms with E-state index in [2.05, 4.69) is 34.7 Å². The molecular weight excluding hydrogens is 276 g/mol. The summed E-state index contributed by atoms with van der Waals surface area (Å²) in [5.41, 5.74) is 5.05. The van der Waals surface area contributed by atoms with Gasteiger partial charge in [-0.3, -0.25) is 9.69 Å².